The van der Waals surface area contributed by atoms with Gasteiger partial charge in [-0.05, 0) is 43.4 Å². The maximum atomic E-state index is 6.37. The number of ether oxygens (including phenoxy) is 1. The molecule has 138 valence electrons. The summed E-state index contributed by atoms with van der Waals surface area (Å²) < 4.78 is 6.37. The third-order valence-electron chi connectivity index (χ3n) is 5.94. The van der Waals surface area contributed by atoms with Crippen LogP contribution in [0.1, 0.15) is 34.2 Å². The lowest BCUT2D eigenvalue weighted by molar-refractivity contribution is -0.0240. The molecule has 26 heavy (non-hydrogen) atoms. The van der Waals surface area contributed by atoms with E-state index in [2.05, 4.69) is 66.5 Å². The number of fused-ring (bicyclic) bond motifs is 1. The number of nitrogens with zero attached hydrogens (tertiary/aromatic N) is 1. The molecule has 1 fully saturated rings. The van der Waals surface area contributed by atoms with Crippen LogP contribution in [-0.4, -0.2) is 37.7 Å². The average Bonchev–Trinajstić information content (AvgIpc) is 3.02. The van der Waals surface area contributed by atoms with Crippen molar-refractivity contribution in [3.63, 3.8) is 0 Å². The maximum Gasteiger partial charge on any atom is 0.0718 e. The van der Waals surface area contributed by atoms with Crippen LogP contribution < -0.4 is 5.32 Å². The second-order valence-corrected chi connectivity index (χ2v) is 7.91. The van der Waals surface area contributed by atoms with Gasteiger partial charge in [0.05, 0.1) is 18.8 Å². The van der Waals surface area contributed by atoms with Crippen LogP contribution >= 0.6 is 0 Å². The van der Waals surface area contributed by atoms with Gasteiger partial charge in [0.1, 0.15) is 0 Å². The number of benzene rings is 2. The molecule has 2 aromatic carbocycles. The van der Waals surface area contributed by atoms with Gasteiger partial charge in [0, 0.05) is 26.2 Å². The molecule has 1 atom stereocenters. The minimum Gasteiger partial charge on any atom is -0.374 e. The van der Waals surface area contributed by atoms with Crippen LogP contribution in [0.5, 0.6) is 0 Å². The number of aryl methyl sites for hydroxylation is 3. The molecule has 1 N–H and O–H groups in total. The first kappa shape index (κ1) is 17.7. The van der Waals surface area contributed by atoms with Crippen molar-refractivity contribution >= 4 is 0 Å². The molecule has 1 aliphatic carbocycles. The fraction of sp³-hybridized carbons (Fsp3) is 0.478. The van der Waals surface area contributed by atoms with E-state index in [0.717, 1.165) is 39.2 Å². The third kappa shape index (κ3) is 3.44. The van der Waals surface area contributed by atoms with Gasteiger partial charge in [-0.1, -0.05) is 53.6 Å². The van der Waals surface area contributed by atoms with Crippen LogP contribution in [0, 0.1) is 13.8 Å². The molecule has 3 heteroatoms. The van der Waals surface area contributed by atoms with Gasteiger partial charge in [-0.15, -0.1) is 0 Å². The summed E-state index contributed by atoms with van der Waals surface area (Å²) in [5, 5.41) is 3.49. The molecule has 1 saturated heterocycles. The molecular weight excluding hydrogens is 320 g/mol. The van der Waals surface area contributed by atoms with Gasteiger partial charge >= 0.3 is 0 Å². The number of hydrogen-bond acceptors (Lipinski definition) is 3. The largest absolute Gasteiger partial charge is 0.374 e. The van der Waals surface area contributed by atoms with E-state index in [4.69, 9.17) is 4.74 Å². The van der Waals surface area contributed by atoms with Crippen LogP contribution in [0.15, 0.2) is 42.5 Å². The second-order valence-electron chi connectivity index (χ2n) is 7.91. The second kappa shape index (κ2) is 7.51. The molecule has 1 heterocycles. The molecule has 0 aromatic heterocycles. The van der Waals surface area contributed by atoms with E-state index in [1.807, 2.05) is 0 Å². The summed E-state index contributed by atoms with van der Waals surface area (Å²) >= 11 is 0. The van der Waals surface area contributed by atoms with Crippen LogP contribution in [0.4, 0.5) is 0 Å². The molecule has 2 aromatic rings. The zero-order valence-corrected chi connectivity index (χ0v) is 16.1. The predicted octanol–water partition coefficient (Wildman–Crippen LogP) is 3.57. The lowest BCUT2D eigenvalue weighted by Crippen LogP contribution is -2.55. The molecule has 1 aliphatic heterocycles. The topological polar surface area (TPSA) is 24.5 Å². The van der Waals surface area contributed by atoms with Crippen LogP contribution in [0.25, 0.3) is 0 Å². The Morgan fingerprint density at radius 3 is 2.54 bits per heavy atom. The van der Waals surface area contributed by atoms with E-state index < -0.39 is 0 Å². The van der Waals surface area contributed by atoms with Gasteiger partial charge in [0.2, 0.25) is 0 Å². The normalized spacial score (nSPS) is 23.2. The van der Waals surface area contributed by atoms with Crippen molar-refractivity contribution in [2.75, 3.05) is 32.8 Å². The van der Waals surface area contributed by atoms with Gasteiger partial charge in [-0.3, -0.25) is 4.90 Å². The molecule has 0 bridgehead atoms. The third-order valence-corrected chi connectivity index (χ3v) is 5.94. The van der Waals surface area contributed by atoms with Gasteiger partial charge in [-0.25, -0.2) is 0 Å². The Labute approximate surface area is 157 Å². The molecule has 0 saturated carbocycles. The van der Waals surface area contributed by atoms with E-state index in [1.54, 1.807) is 0 Å². The first-order valence-corrected chi connectivity index (χ1v) is 9.86. The Balaban J connectivity index is 1.54. The fourth-order valence-corrected chi connectivity index (χ4v) is 4.82. The maximum absolute atomic E-state index is 6.37. The number of hydrogen-bond donors (Lipinski definition) is 1. The number of rotatable bonds is 5. The van der Waals surface area contributed by atoms with Crippen LogP contribution in [-0.2, 0) is 23.3 Å². The molecule has 4 rings (SSSR count). The van der Waals surface area contributed by atoms with Crippen molar-refractivity contribution in [1.82, 2.24) is 10.2 Å². The molecule has 0 radical (unpaired) electrons. The zero-order chi connectivity index (χ0) is 18.0. The van der Waals surface area contributed by atoms with Crippen molar-refractivity contribution in [2.24, 2.45) is 0 Å². The van der Waals surface area contributed by atoms with Crippen molar-refractivity contribution < 1.29 is 4.74 Å². The highest BCUT2D eigenvalue weighted by Gasteiger charge is 2.44. The highest BCUT2D eigenvalue weighted by Crippen LogP contribution is 2.42. The lowest BCUT2D eigenvalue weighted by atomic mass is 9.89. The quantitative estimate of drug-likeness (QED) is 0.892. The standard InChI is InChI=1S/C23H30N2O/c1-18-13-19(2)15-20(14-18)16-26-17-23(25-11-9-24-10-12-25)8-7-21-5-3-4-6-22(21)23/h3-6,13-15,24H,7-12,16-17H2,1-2H3. The zero-order valence-electron chi connectivity index (χ0n) is 16.1. The summed E-state index contributed by atoms with van der Waals surface area (Å²) in [6.07, 6.45) is 2.33. The van der Waals surface area contributed by atoms with Crippen LogP contribution in [0.3, 0.4) is 0 Å². The Kier molecular flexibility index (Phi) is 5.12. The minimum absolute atomic E-state index is 0.0392. The summed E-state index contributed by atoms with van der Waals surface area (Å²) in [5.41, 5.74) is 6.93. The Morgan fingerprint density at radius 1 is 1.04 bits per heavy atom. The van der Waals surface area contributed by atoms with E-state index >= 15 is 0 Å². The molecule has 0 amide bonds. The van der Waals surface area contributed by atoms with Crippen molar-refractivity contribution in [3.05, 3.63) is 70.3 Å². The Hall–Kier alpha value is -1.68. The summed E-state index contributed by atoms with van der Waals surface area (Å²) in [6.45, 7) is 10.1. The SMILES string of the molecule is Cc1cc(C)cc(COCC2(N3CCNCC3)CCc3ccccc32)c1. The number of piperazine rings is 1. The molecule has 2 aliphatic rings. The van der Waals surface area contributed by atoms with Crippen molar-refractivity contribution in [3.8, 4) is 0 Å². The molecule has 0 spiro atoms. The van der Waals surface area contributed by atoms with Crippen molar-refractivity contribution in [2.45, 2.75) is 38.8 Å². The minimum atomic E-state index is 0.0392. The summed E-state index contributed by atoms with van der Waals surface area (Å²) in [7, 11) is 0. The van der Waals surface area contributed by atoms with E-state index in [0.29, 0.717) is 6.61 Å². The highest BCUT2D eigenvalue weighted by molar-refractivity contribution is 5.39. The molecule has 3 nitrogen and oxygen atoms in total. The van der Waals surface area contributed by atoms with E-state index in [1.165, 1.54) is 34.2 Å². The summed E-state index contributed by atoms with van der Waals surface area (Å²) in [6, 6.07) is 15.7. The van der Waals surface area contributed by atoms with E-state index in [9.17, 15) is 0 Å². The van der Waals surface area contributed by atoms with E-state index in [-0.39, 0.29) is 5.54 Å². The van der Waals surface area contributed by atoms with Gasteiger partial charge < -0.3 is 10.1 Å². The van der Waals surface area contributed by atoms with Gasteiger partial charge in [-0.2, -0.15) is 0 Å². The predicted molar refractivity (Wildman–Crippen MR) is 106 cm³/mol. The first-order chi connectivity index (χ1) is 12.7. The van der Waals surface area contributed by atoms with Crippen LogP contribution in [0.2, 0.25) is 0 Å². The fourth-order valence-electron chi connectivity index (χ4n) is 4.82. The Bertz CT molecular complexity index is 746. The van der Waals surface area contributed by atoms with Gasteiger partial charge in [0.25, 0.3) is 0 Å². The highest BCUT2D eigenvalue weighted by atomic mass is 16.5. The van der Waals surface area contributed by atoms with Gasteiger partial charge in [0.15, 0.2) is 0 Å². The van der Waals surface area contributed by atoms with Crippen molar-refractivity contribution in [1.29, 1.82) is 0 Å². The summed E-state index contributed by atoms with van der Waals surface area (Å²) in [4.78, 5) is 2.66. The Morgan fingerprint density at radius 2 is 1.77 bits per heavy atom. The monoisotopic (exact) mass is 350 g/mol. The summed E-state index contributed by atoms with van der Waals surface area (Å²) in [5.74, 6) is 0. The lowest BCUT2D eigenvalue weighted by Gasteiger charge is -2.44. The average molecular weight is 351 g/mol. The molecular formula is C23H30N2O. The first-order valence-electron chi connectivity index (χ1n) is 9.86. The number of nitrogens with one attached hydrogen (secondary N) is 1. The molecule has 1 unspecified atom stereocenters. The smallest absolute Gasteiger partial charge is 0.0718 e.